The van der Waals surface area contributed by atoms with E-state index >= 15 is 0 Å². The Morgan fingerprint density at radius 1 is 1.42 bits per heavy atom. The normalized spacial score (nSPS) is 25.0. The summed E-state index contributed by atoms with van der Waals surface area (Å²) in [6.07, 6.45) is 6.06. The highest BCUT2D eigenvalue weighted by molar-refractivity contribution is 8.00. The van der Waals surface area contributed by atoms with Gasteiger partial charge in [0, 0.05) is 22.4 Å². The predicted molar refractivity (Wildman–Crippen MR) is 78.8 cm³/mol. The van der Waals surface area contributed by atoms with Crippen molar-refractivity contribution < 1.29 is 9.47 Å². The molecule has 3 rings (SSSR count). The lowest BCUT2D eigenvalue weighted by molar-refractivity contribution is -0.125. The molecule has 1 saturated heterocycles. The number of nitrogens with two attached hydrogens (primary N) is 1. The Balaban J connectivity index is 1.70. The van der Waals surface area contributed by atoms with Crippen molar-refractivity contribution in [1.29, 1.82) is 0 Å². The van der Waals surface area contributed by atoms with E-state index in [4.69, 9.17) is 15.2 Å². The lowest BCUT2D eigenvalue weighted by Crippen LogP contribution is -2.46. The zero-order valence-corrected chi connectivity index (χ0v) is 12.2. The molecule has 4 heteroatoms. The molecular weight excluding hydrogens is 258 g/mol. The molecule has 0 amide bonds. The van der Waals surface area contributed by atoms with Gasteiger partial charge in [0.25, 0.3) is 0 Å². The molecule has 1 saturated carbocycles. The molecule has 1 aromatic rings. The lowest BCUT2D eigenvalue weighted by Gasteiger charge is -2.47. The van der Waals surface area contributed by atoms with Crippen LogP contribution in [0.4, 0.5) is 5.69 Å². The third-order valence-electron chi connectivity index (χ3n) is 4.23. The van der Waals surface area contributed by atoms with Gasteiger partial charge in [0.2, 0.25) is 0 Å². The molecule has 1 spiro atoms. The smallest absolute Gasteiger partial charge is 0.120 e. The van der Waals surface area contributed by atoms with E-state index in [1.165, 1.54) is 19.3 Å². The van der Waals surface area contributed by atoms with Gasteiger partial charge in [-0.3, -0.25) is 0 Å². The highest BCUT2D eigenvalue weighted by atomic mass is 32.2. The van der Waals surface area contributed by atoms with Crippen molar-refractivity contribution in [1.82, 2.24) is 0 Å². The average Bonchev–Trinajstić information content (AvgIpc) is 2.40. The van der Waals surface area contributed by atoms with Crippen LogP contribution < -0.4 is 10.5 Å². The van der Waals surface area contributed by atoms with Crippen LogP contribution in [0.1, 0.15) is 32.1 Å². The molecule has 2 N–H and O–H groups in total. The van der Waals surface area contributed by atoms with Crippen molar-refractivity contribution in [2.24, 2.45) is 0 Å². The van der Waals surface area contributed by atoms with Crippen molar-refractivity contribution in [2.75, 3.05) is 19.5 Å². The molecule has 19 heavy (non-hydrogen) atoms. The summed E-state index contributed by atoms with van der Waals surface area (Å²) >= 11 is 1.89. The Kier molecular flexibility index (Phi) is 3.63. The number of ether oxygens (including phenoxy) is 2. The maximum Gasteiger partial charge on any atom is 0.120 e. The molecule has 1 heterocycles. The molecule has 0 bridgehead atoms. The minimum atomic E-state index is 0.198. The molecule has 2 fully saturated rings. The highest BCUT2D eigenvalue weighted by Gasteiger charge is 2.42. The standard InChI is InChI=1S/C15H21NO2S/c1-17-11-3-4-13(16)14(9-11)19-12-5-8-18-15(10-12)6-2-7-15/h3-4,9,12H,2,5-8,10,16H2,1H3. The van der Waals surface area contributed by atoms with Crippen molar-refractivity contribution in [3.05, 3.63) is 18.2 Å². The number of anilines is 1. The van der Waals surface area contributed by atoms with Gasteiger partial charge in [-0.1, -0.05) is 0 Å². The van der Waals surface area contributed by atoms with Crippen LogP contribution in [0.25, 0.3) is 0 Å². The van der Waals surface area contributed by atoms with E-state index in [0.717, 1.165) is 35.8 Å². The first-order chi connectivity index (χ1) is 9.21. The second-order valence-electron chi connectivity index (χ2n) is 5.52. The summed E-state index contributed by atoms with van der Waals surface area (Å²) in [7, 11) is 1.69. The van der Waals surface area contributed by atoms with E-state index in [1.54, 1.807) is 7.11 Å². The Morgan fingerprint density at radius 3 is 2.95 bits per heavy atom. The minimum Gasteiger partial charge on any atom is -0.497 e. The Labute approximate surface area is 118 Å². The van der Waals surface area contributed by atoms with Gasteiger partial charge in [-0.25, -0.2) is 0 Å². The summed E-state index contributed by atoms with van der Waals surface area (Å²) in [5, 5.41) is 0.614. The third-order valence-corrected chi connectivity index (χ3v) is 5.57. The van der Waals surface area contributed by atoms with Crippen LogP contribution >= 0.6 is 11.8 Å². The lowest BCUT2D eigenvalue weighted by atomic mass is 9.75. The largest absolute Gasteiger partial charge is 0.497 e. The van der Waals surface area contributed by atoms with Crippen molar-refractivity contribution >= 4 is 17.4 Å². The Hall–Kier alpha value is -0.870. The fourth-order valence-electron chi connectivity index (χ4n) is 2.93. The van der Waals surface area contributed by atoms with E-state index in [2.05, 4.69) is 0 Å². The molecule has 1 atom stereocenters. The fourth-order valence-corrected chi connectivity index (χ4v) is 4.27. The predicted octanol–water partition coefficient (Wildman–Crippen LogP) is 3.47. The summed E-state index contributed by atoms with van der Waals surface area (Å²) in [5.41, 5.74) is 7.11. The topological polar surface area (TPSA) is 44.5 Å². The van der Waals surface area contributed by atoms with Gasteiger partial charge < -0.3 is 15.2 Å². The van der Waals surface area contributed by atoms with Gasteiger partial charge in [0.15, 0.2) is 0 Å². The Morgan fingerprint density at radius 2 is 2.26 bits per heavy atom. The minimum absolute atomic E-state index is 0.198. The maximum absolute atomic E-state index is 6.07. The Bertz CT molecular complexity index is 459. The molecule has 1 unspecified atom stereocenters. The number of nitrogen functional groups attached to an aromatic ring is 1. The number of benzene rings is 1. The molecule has 1 aliphatic heterocycles. The first-order valence-corrected chi connectivity index (χ1v) is 7.83. The second-order valence-corrected chi connectivity index (χ2v) is 6.86. The van der Waals surface area contributed by atoms with Crippen LogP contribution in [0.5, 0.6) is 5.75 Å². The molecule has 1 aliphatic carbocycles. The van der Waals surface area contributed by atoms with Gasteiger partial charge in [-0.15, -0.1) is 11.8 Å². The van der Waals surface area contributed by atoms with Crippen LogP contribution in [0.2, 0.25) is 0 Å². The van der Waals surface area contributed by atoms with E-state index < -0.39 is 0 Å². The molecular formula is C15H21NO2S. The number of methoxy groups -OCH3 is 1. The zero-order valence-electron chi connectivity index (χ0n) is 11.4. The van der Waals surface area contributed by atoms with E-state index in [-0.39, 0.29) is 5.60 Å². The van der Waals surface area contributed by atoms with Crippen LogP contribution in [0.15, 0.2) is 23.1 Å². The second kappa shape index (κ2) is 5.25. The van der Waals surface area contributed by atoms with Gasteiger partial charge in [0.05, 0.1) is 12.7 Å². The number of hydrogen-bond donors (Lipinski definition) is 1. The summed E-state index contributed by atoms with van der Waals surface area (Å²) < 4.78 is 11.3. The van der Waals surface area contributed by atoms with E-state index in [9.17, 15) is 0 Å². The zero-order chi connectivity index (χ0) is 13.3. The summed E-state index contributed by atoms with van der Waals surface area (Å²) in [6, 6.07) is 5.89. The van der Waals surface area contributed by atoms with Crippen LogP contribution in [-0.4, -0.2) is 24.6 Å². The molecule has 1 aromatic carbocycles. The van der Waals surface area contributed by atoms with Crippen molar-refractivity contribution in [2.45, 2.75) is 47.9 Å². The first kappa shape index (κ1) is 13.1. The number of rotatable bonds is 3. The maximum atomic E-state index is 6.07. The molecule has 2 aliphatic rings. The summed E-state index contributed by atoms with van der Waals surface area (Å²) in [4.78, 5) is 1.14. The van der Waals surface area contributed by atoms with Crippen molar-refractivity contribution in [3.63, 3.8) is 0 Å². The van der Waals surface area contributed by atoms with Crippen LogP contribution in [-0.2, 0) is 4.74 Å². The van der Waals surface area contributed by atoms with Crippen molar-refractivity contribution in [3.8, 4) is 5.75 Å². The SMILES string of the molecule is COc1ccc(N)c(SC2CCOC3(CCC3)C2)c1. The number of thioether (sulfide) groups is 1. The first-order valence-electron chi connectivity index (χ1n) is 6.95. The average molecular weight is 279 g/mol. The molecule has 0 aromatic heterocycles. The third kappa shape index (κ3) is 2.70. The molecule has 0 radical (unpaired) electrons. The molecule has 3 nitrogen and oxygen atoms in total. The summed E-state index contributed by atoms with van der Waals surface area (Å²) in [5.74, 6) is 0.877. The number of hydrogen-bond acceptors (Lipinski definition) is 4. The van der Waals surface area contributed by atoms with E-state index in [0.29, 0.717) is 5.25 Å². The fraction of sp³-hybridized carbons (Fsp3) is 0.600. The van der Waals surface area contributed by atoms with Crippen LogP contribution in [0.3, 0.4) is 0 Å². The monoisotopic (exact) mass is 279 g/mol. The van der Waals surface area contributed by atoms with Gasteiger partial charge in [-0.2, -0.15) is 0 Å². The highest BCUT2D eigenvalue weighted by Crippen LogP contribution is 2.47. The molecule has 104 valence electrons. The van der Waals surface area contributed by atoms with E-state index in [1.807, 2.05) is 30.0 Å². The quantitative estimate of drug-likeness (QED) is 0.860. The van der Waals surface area contributed by atoms with Gasteiger partial charge >= 0.3 is 0 Å². The van der Waals surface area contributed by atoms with Gasteiger partial charge in [0.1, 0.15) is 5.75 Å². The summed E-state index contributed by atoms with van der Waals surface area (Å²) in [6.45, 7) is 0.890. The van der Waals surface area contributed by atoms with Gasteiger partial charge in [-0.05, 0) is 50.3 Å². The van der Waals surface area contributed by atoms with Crippen LogP contribution in [0, 0.1) is 0 Å².